The number of amides is 1. The Morgan fingerprint density at radius 2 is 1.85 bits per heavy atom. The number of benzene rings is 2. The number of aromatic nitrogens is 1. The number of Topliss-reactive ketones (excluding diaryl/α,β-unsaturated/α-hetero) is 1. The molecule has 1 aliphatic heterocycles. The van der Waals surface area contributed by atoms with Crippen molar-refractivity contribution in [2.24, 2.45) is 11.1 Å². The topological polar surface area (TPSA) is 117 Å². The first-order valence-corrected chi connectivity index (χ1v) is 11.0. The van der Waals surface area contributed by atoms with Crippen molar-refractivity contribution >= 4 is 17.8 Å². The molecule has 1 fully saturated rings. The van der Waals surface area contributed by atoms with E-state index >= 15 is 0 Å². The maximum Gasteiger partial charge on any atom is 0.248 e. The van der Waals surface area contributed by atoms with Gasteiger partial charge in [0.15, 0.2) is 17.3 Å². The van der Waals surface area contributed by atoms with E-state index in [9.17, 15) is 19.8 Å². The number of nitrogens with zero attached hydrogens (tertiary/aromatic N) is 2. The number of nitrogens with two attached hydrogens (primary N) is 1. The van der Waals surface area contributed by atoms with E-state index in [2.05, 4.69) is 9.88 Å². The molecule has 7 heteroatoms. The zero-order chi connectivity index (χ0) is 24.5. The van der Waals surface area contributed by atoms with E-state index in [-0.39, 0.29) is 17.3 Å². The summed E-state index contributed by atoms with van der Waals surface area (Å²) in [6.07, 6.45) is 3.50. The van der Waals surface area contributed by atoms with Crippen molar-refractivity contribution in [3.8, 4) is 11.5 Å². The number of pyridine rings is 1. The third kappa shape index (κ3) is 4.70. The standard InChI is InChI=1S/C27H27N3O4/c1-27(2)16-30(15-17-6-11-22(31)23(32)13-17)24(18-7-9-19(10-8-18)26(28)34)21(25(27)33)14-20-5-3-4-12-29-20/h3-14,24,31-32H,15-16H2,1-2H3,(H2,28,34)/b21-14+. The van der Waals surface area contributed by atoms with Crippen LogP contribution in [0.2, 0.25) is 0 Å². The van der Waals surface area contributed by atoms with Gasteiger partial charge in [-0.15, -0.1) is 0 Å². The molecule has 1 amide bonds. The fourth-order valence-electron chi connectivity index (χ4n) is 4.42. The molecule has 34 heavy (non-hydrogen) atoms. The molecule has 1 atom stereocenters. The van der Waals surface area contributed by atoms with Crippen molar-refractivity contribution in [1.29, 1.82) is 0 Å². The lowest BCUT2D eigenvalue weighted by molar-refractivity contribution is -0.128. The number of ketones is 1. The Balaban J connectivity index is 1.84. The van der Waals surface area contributed by atoms with Crippen LogP contribution < -0.4 is 5.73 Å². The number of hydrogen-bond acceptors (Lipinski definition) is 6. The third-order valence-electron chi connectivity index (χ3n) is 6.06. The van der Waals surface area contributed by atoms with Crippen LogP contribution >= 0.6 is 0 Å². The Labute approximate surface area is 198 Å². The summed E-state index contributed by atoms with van der Waals surface area (Å²) >= 11 is 0. The molecule has 1 aromatic heterocycles. The second-order valence-corrected chi connectivity index (χ2v) is 9.18. The molecule has 2 heterocycles. The lowest BCUT2D eigenvalue weighted by Crippen LogP contribution is -2.49. The summed E-state index contributed by atoms with van der Waals surface area (Å²) in [5.41, 5.74) is 8.02. The van der Waals surface area contributed by atoms with Crippen molar-refractivity contribution in [3.63, 3.8) is 0 Å². The van der Waals surface area contributed by atoms with E-state index in [1.807, 2.05) is 50.3 Å². The lowest BCUT2D eigenvalue weighted by atomic mass is 9.74. The van der Waals surface area contributed by atoms with Gasteiger partial charge < -0.3 is 15.9 Å². The molecule has 3 aromatic rings. The van der Waals surface area contributed by atoms with Crippen LogP contribution in [0.15, 0.2) is 72.4 Å². The third-order valence-corrected chi connectivity index (χ3v) is 6.06. The molecule has 7 nitrogen and oxygen atoms in total. The molecule has 2 aromatic carbocycles. The molecule has 0 spiro atoms. The van der Waals surface area contributed by atoms with Crippen LogP contribution in [0.4, 0.5) is 0 Å². The summed E-state index contributed by atoms with van der Waals surface area (Å²) in [7, 11) is 0. The van der Waals surface area contributed by atoms with Crippen LogP contribution in [-0.4, -0.2) is 38.3 Å². The van der Waals surface area contributed by atoms with E-state index in [1.54, 1.807) is 24.4 Å². The second-order valence-electron chi connectivity index (χ2n) is 9.18. The number of primary amides is 1. The van der Waals surface area contributed by atoms with Gasteiger partial charge in [0.25, 0.3) is 0 Å². The highest BCUT2D eigenvalue weighted by molar-refractivity contribution is 6.05. The van der Waals surface area contributed by atoms with Crippen LogP contribution in [0.3, 0.4) is 0 Å². The minimum atomic E-state index is -0.663. The average molecular weight is 458 g/mol. The Bertz CT molecular complexity index is 1250. The first kappa shape index (κ1) is 23.2. The molecular weight excluding hydrogens is 430 g/mol. The summed E-state index contributed by atoms with van der Waals surface area (Å²) in [5, 5.41) is 19.7. The molecule has 1 saturated heterocycles. The molecule has 0 bridgehead atoms. The smallest absolute Gasteiger partial charge is 0.248 e. The molecule has 1 aliphatic rings. The first-order chi connectivity index (χ1) is 16.2. The number of phenols is 2. The maximum atomic E-state index is 13.6. The minimum Gasteiger partial charge on any atom is -0.504 e. The second kappa shape index (κ2) is 9.11. The molecule has 0 aliphatic carbocycles. The van der Waals surface area contributed by atoms with Crippen LogP contribution in [0.5, 0.6) is 11.5 Å². The minimum absolute atomic E-state index is 0.0203. The van der Waals surface area contributed by atoms with Crippen molar-refractivity contribution in [2.75, 3.05) is 6.54 Å². The molecule has 1 unspecified atom stereocenters. The summed E-state index contributed by atoms with van der Waals surface area (Å²) < 4.78 is 0. The van der Waals surface area contributed by atoms with E-state index < -0.39 is 17.4 Å². The van der Waals surface area contributed by atoms with Crippen molar-refractivity contribution in [1.82, 2.24) is 9.88 Å². The van der Waals surface area contributed by atoms with Gasteiger partial charge in [0, 0.05) is 35.8 Å². The van der Waals surface area contributed by atoms with Gasteiger partial charge in [-0.3, -0.25) is 19.5 Å². The predicted octanol–water partition coefficient (Wildman–Crippen LogP) is 3.83. The number of phenolic OH excluding ortho intramolecular Hbond substituents is 2. The van der Waals surface area contributed by atoms with E-state index in [0.29, 0.717) is 29.9 Å². The highest BCUT2D eigenvalue weighted by Crippen LogP contribution is 2.42. The molecule has 4 N–H and O–H groups in total. The number of aromatic hydroxyl groups is 2. The number of carbonyl (C=O) groups excluding carboxylic acids is 2. The Kier molecular flexibility index (Phi) is 6.22. The van der Waals surface area contributed by atoms with Crippen molar-refractivity contribution < 1.29 is 19.8 Å². The Morgan fingerprint density at radius 3 is 2.47 bits per heavy atom. The van der Waals surface area contributed by atoms with Crippen LogP contribution in [0, 0.1) is 5.41 Å². The molecule has 0 saturated carbocycles. The van der Waals surface area contributed by atoms with Gasteiger partial charge in [0.05, 0.1) is 11.7 Å². The highest BCUT2D eigenvalue weighted by Gasteiger charge is 2.44. The summed E-state index contributed by atoms with van der Waals surface area (Å²) in [4.78, 5) is 31.8. The van der Waals surface area contributed by atoms with E-state index in [1.165, 1.54) is 12.1 Å². The van der Waals surface area contributed by atoms with Gasteiger partial charge in [0.2, 0.25) is 5.91 Å². The Morgan fingerprint density at radius 1 is 1.12 bits per heavy atom. The average Bonchev–Trinajstić information content (AvgIpc) is 2.80. The van der Waals surface area contributed by atoms with Gasteiger partial charge in [-0.05, 0) is 53.6 Å². The zero-order valence-electron chi connectivity index (χ0n) is 19.1. The van der Waals surface area contributed by atoms with E-state index in [0.717, 1.165) is 11.1 Å². The highest BCUT2D eigenvalue weighted by atomic mass is 16.3. The number of piperidine rings is 1. The zero-order valence-corrected chi connectivity index (χ0v) is 19.1. The summed E-state index contributed by atoms with van der Waals surface area (Å²) in [6.45, 7) is 4.71. The largest absolute Gasteiger partial charge is 0.504 e. The fourth-order valence-corrected chi connectivity index (χ4v) is 4.42. The van der Waals surface area contributed by atoms with Gasteiger partial charge in [-0.25, -0.2) is 0 Å². The summed E-state index contributed by atoms with van der Waals surface area (Å²) in [6, 6.07) is 16.8. The molecule has 4 rings (SSSR count). The Hall–Kier alpha value is -3.97. The molecular formula is C27H27N3O4. The van der Waals surface area contributed by atoms with Crippen LogP contribution in [0.25, 0.3) is 6.08 Å². The normalized spacial score (nSPS) is 19.3. The fraction of sp³-hybridized carbons (Fsp3) is 0.222. The number of carbonyl (C=O) groups is 2. The molecule has 0 radical (unpaired) electrons. The van der Waals surface area contributed by atoms with Gasteiger partial charge >= 0.3 is 0 Å². The lowest BCUT2D eigenvalue weighted by Gasteiger charge is -2.44. The molecule has 174 valence electrons. The first-order valence-electron chi connectivity index (χ1n) is 11.0. The van der Waals surface area contributed by atoms with E-state index in [4.69, 9.17) is 5.73 Å². The maximum absolute atomic E-state index is 13.6. The SMILES string of the molecule is CC1(C)CN(Cc2ccc(O)c(O)c2)C(c2ccc(C(N)=O)cc2)/C(=C\c2ccccn2)C1=O. The number of hydrogen-bond donors (Lipinski definition) is 3. The van der Waals surface area contributed by atoms with Gasteiger partial charge in [0.1, 0.15) is 0 Å². The van der Waals surface area contributed by atoms with Crippen molar-refractivity contribution in [2.45, 2.75) is 26.4 Å². The van der Waals surface area contributed by atoms with Crippen molar-refractivity contribution in [3.05, 3.63) is 94.8 Å². The number of likely N-dealkylation sites (tertiary alicyclic amines) is 1. The predicted molar refractivity (Wildman–Crippen MR) is 129 cm³/mol. The van der Waals surface area contributed by atoms with Gasteiger partial charge in [-0.2, -0.15) is 0 Å². The van der Waals surface area contributed by atoms with Crippen LogP contribution in [0.1, 0.15) is 47.1 Å². The van der Waals surface area contributed by atoms with Crippen LogP contribution in [-0.2, 0) is 11.3 Å². The number of rotatable bonds is 5. The van der Waals surface area contributed by atoms with Gasteiger partial charge in [-0.1, -0.05) is 38.1 Å². The quantitative estimate of drug-likeness (QED) is 0.396. The monoisotopic (exact) mass is 457 g/mol. The summed E-state index contributed by atoms with van der Waals surface area (Å²) in [5.74, 6) is -0.885.